The molecule has 3 N–H and O–H groups in total. The Hall–Kier alpha value is -1.85. The number of nitrogen functional groups attached to an aromatic ring is 1. The molecule has 1 unspecified atom stereocenters. The fraction of sp³-hybridized carbons (Fsp3) is 0.286. The summed E-state index contributed by atoms with van der Waals surface area (Å²) in [5.41, 5.74) is 7.23. The summed E-state index contributed by atoms with van der Waals surface area (Å²) in [5.74, 6) is 0.138. The van der Waals surface area contributed by atoms with Crippen molar-refractivity contribution in [2.45, 2.75) is 12.5 Å². The molecule has 1 aromatic rings. The Bertz CT molecular complexity index is 593. The topological polar surface area (TPSA) is 74.2 Å². The van der Waals surface area contributed by atoms with E-state index in [0.717, 1.165) is 6.42 Å². The molecule has 0 radical (unpaired) electrons. The van der Waals surface area contributed by atoms with Crippen molar-refractivity contribution in [1.82, 2.24) is 4.90 Å². The SMILES string of the molecule is CN(C)C1C=C(N=Nc2ccc(Cl)cc2N)C(O)=CC1. The number of aliphatic hydroxyl groups excluding tert-OH is 1. The van der Waals surface area contributed by atoms with Gasteiger partial charge in [0.05, 0.1) is 5.69 Å². The summed E-state index contributed by atoms with van der Waals surface area (Å²) >= 11 is 5.82. The van der Waals surface area contributed by atoms with Gasteiger partial charge in [0, 0.05) is 11.1 Å². The molecule has 0 saturated heterocycles. The van der Waals surface area contributed by atoms with E-state index in [1.165, 1.54) is 0 Å². The number of nitrogens with zero attached hydrogens (tertiary/aromatic N) is 3. The van der Waals surface area contributed by atoms with Gasteiger partial charge in [-0.2, -0.15) is 0 Å². The number of hydrogen-bond acceptors (Lipinski definition) is 5. The van der Waals surface area contributed by atoms with E-state index in [4.69, 9.17) is 17.3 Å². The smallest absolute Gasteiger partial charge is 0.138 e. The number of nitrogens with two attached hydrogens (primary N) is 1. The molecule has 1 aliphatic carbocycles. The fourth-order valence-electron chi connectivity index (χ4n) is 1.84. The highest BCUT2D eigenvalue weighted by atomic mass is 35.5. The summed E-state index contributed by atoms with van der Waals surface area (Å²) in [4.78, 5) is 2.05. The Morgan fingerprint density at radius 2 is 2.10 bits per heavy atom. The highest BCUT2D eigenvalue weighted by Gasteiger charge is 2.16. The number of likely N-dealkylation sites (N-methyl/N-ethyl adjacent to an activating group) is 1. The molecule has 0 spiro atoms. The molecule has 1 aliphatic rings. The van der Waals surface area contributed by atoms with Crippen molar-refractivity contribution in [3.8, 4) is 0 Å². The first-order chi connectivity index (χ1) is 9.47. The van der Waals surface area contributed by atoms with Gasteiger partial charge < -0.3 is 15.7 Å². The van der Waals surface area contributed by atoms with E-state index in [9.17, 15) is 5.11 Å². The number of anilines is 1. The van der Waals surface area contributed by atoms with Gasteiger partial charge in [-0.25, -0.2) is 0 Å². The molecule has 1 aromatic carbocycles. The quantitative estimate of drug-likeness (QED) is 0.659. The van der Waals surface area contributed by atoms with E-state index < -0.39 is 0 Å². The molecular formula is C14H17ClN4O. The maximum Gasteiger partial charge on any atom is 0.138 e. The lowest BCUT2D eigenvalue weighted by atomic mass is 10.1. The highest BCUT2D eigenvalue weighted by Crippen LogP contribution is 2.28. The van der Waals surface area contributed by atoms with Crippen LogP contribution in [0.2, 0.25) is 5.02 Å². The Morgan fingerprint density at radius 3 is 2.75 bits per heavy atom. The van der Waals surface area contributed by atoms with Crippen LogP contribution in [0.25, 0.3) is 0 Å². The lowest BCUT2D eigenvalue weighted by Gasteiger charge is -2.22. The van der Waals surface area contributed by atoms with Crippen molar-refractivity contribution >= 4 is 23.0 Å². The number of aliphatic hydroxyl groups is 1. The minimum absolute atomic E-state index is 0.138. The molecule has 0 bridgehead atoms. The monoisotopic (exact) mass is 292 g/mol. The van der Waals surface area contributed by atoms with Crippen LogP contribution in [0.1, 0.15) is 6.42 Å². The Balaban J connectivity index is 2.23. The first-order valence-electron chi connectivity index (χ1n) is 6.22. The van der Waals surface area contributed by atoms with E-state index in [-0.39, 0.29) is 11.8 Å². The number of rotatable bonds is 3. The van der Waals surface area contributed by atoms with Crippen molar-refractivity contribution in [1.29, 1.82) is 0 Å². The van der Waals surface area contributed by atoms with Gasteiger partial charge in [-0.1, -0.05) is 11.6 Å². The summed E-state index contributed by atoms with van der Waals surface area (Å²) in [7, 11) is 3.95. The van der Waals surface area contributed by atoms with Gasteiger partial charge in [0.25, 0.3) is 0 Å². The summed E-state index contributed by atoms with van der Waals surface area (Å²) in [6.45, 7) is 0. The Labute approximate surface area is 123 Å². The fourth-order valence-corrected chi connectivity index (χ4v) is 2.02. The molecule has 1 atom stereocenters. The summed E-state index contributed by atoms with van der Waals surface area (Å²) < 4.78 is 0. The van der Waals surface area contributed by atoms with Gasteiger partial charge in [0.1, 0.15) is 17.1 Å². The first-order valence-corrected chi connectivity index (χ1v) is 6.59. The van der Waals surface area contributed by atoms with Crippen LogP contribution in [0.15, 0.2) is 52.0 Å². The molecule has 0 amide bonds. The molecule has 106 valence electrons. The molecule has 0 heterocycles. The number of hydrogen-bond donors (Lipinski definition) is 2. The average molecular weight is 293 g/mol. The zero-order valence-electron chi connectivity index (χ0n) is 11.4. The number of benzene rings is 1. The maximum absolute atomic E-state index is 9.83. The number of azo groups is 1. The van der Waals surface area contributed by atoms with E-state index in [2.05, 4.69) is 15.1 Å². The second-order valence-electron chi connectivity index (χ2n) is 4.81. The van der Waals surface area contributed by atoms with Gasteiger partial charge in [0.2, 0.25) is 0 Å². The predicted octanol–water partition coefficient (Wildman–Crippen LogP) is 3.67. The average Bonchev–Trinajstić information content (AvgIpc) is 2.39. The van der Waals surface area contributed by atoms with Crippen LogP contribution in [0.4, 0.5) is 11.4 Å². The van der Waals surface area contributed by atoms with Crippen LogP contribution in [0.5, 0.6) is 0 Å². The molecule has 5 nitrogen and oxygen atoms in total. The molecular weight excluding hydrogens is 276 g/mol. The first kappa shape index (κ1) is 14.6. The van der Waals surface area contributed by atoms with Crippen LogP contribution < -0.4 is 5.73 Å². The van der Waals surface area contributed by atoms with Crippen LogP contribution in [0.3, 0.4) is 0 Å². The van der Waals surface area contributed by atoms with Crippen molar-refractivity contribution in [3.63, 3.8) is 0 Å². The van der Waals surface area contributed by atoms with E-state index in [0.29, 0.717) is 22.1 Å². The molecule has 0 aliphatic heterocycles. The highest BCUT2D eigenvalue weighted by molar-refractivity contribution is 6.31. The summed E-state index contributed by atoms with van der Waals surface area (Å²) in [5, 5.41) is 18.5. The largest absolute Gasteiger partial charge is 0.506 e. The van der Waals surface area contributed by atoms with Crippen LogP contribution in [-0.2, 0) is 0 Å². The van der Waals surface area contributed by atoms with Crippen LogP contribution >= 0.6 is 11.6 Å². The zero-order valence-corrected chi connectivity index (χ0v) is 12.2. The molecule has 0 saturated carbocycles. The number of halogens is 1. The van der Waals surface area contributed by atoms with E-state index in [1.807, 2.05) is 20.2 Å². The van der Waals surface area contributed by atoms with Crippen LogP contribution in [0, 0.1) is 0 Å². The normalized spacial score (nSPS) is 19.3. The Kier molecular flexibility index (Phi) is 4.42. The third-order valence-corrected chi connectivity index (χ3v) is 3.32. The molecule has 6 heteroatoms. The van der Waals surface area contributed by atoms with Crippen molar-refractivity contribution in [3.05, 3.63) is 46.8 Å². The minimum Gasteiger partial charge on any atom is -0.506 e. The lowest BCUT2D eigenvalue weighted by Crippen LogP contribution is -2.27. The summed E-state index contributed by atoms with van der Waals surface area (Å²) in [6, 6.07) is 5.19. The maximum atomic E-state index is 9.83. The van der Waals surface area contributed by atoms with Gasteiger partial charge in [0.15, 0.2) is 0 Å². The molecule has 0 aromatic heterocycles. The van der Waals surface area contributed by atoms with Gasteiger partial charge >= 0.3 is 0 Å². The third-order valence-electron chi connectivity index (χ3n) is 3.08. The van der Waals surface area contributed by atoms with Gasteiger partial charge in [-0.05, 0) is 50.9 Å². The predicted molar refractivity (Wildman–Crippen MR) is 81.3 cm³/mol. The molecule has 20 heavy (non-hydrogen) atoms. The molecule has 0 fully saturated rings. The van der Waals surface area contributed by atoms with Crippen molar-refractivity contribution in [2.75, 3.05) is 19.8 Å². The zero-order chi connectivity index (χ0) is 14.7. The van der Waals surface area contributed by atoms with Crippen LogP contribution in [-0.4, -0.2) is 30.1 Å². The standard InChI is InChI=1S/C14H17ClN4O/c1-19(2)10-4-6-14(20)13(8-10)18-17-12-5-3-9(15)7-11(12)16/h3,5-8,10,20H,4,16H2,1-2H3. The van der Waals surface area contributed by atoms with E-state index in [1.54, 1.807) is 24.3 Å². The van der Waals surface area contributed by atoms with Crippen molar-refractivity contribution < 1.29 is 5.11 Å². The summed E-state index contributed by atoms with van der Waals surface area (Å²) in [6.07, 6.45) is 4.37. The lowest BCUT2D eigenvalue weighted by molar-refractivity contribution is 0.329. The van der Waals surface area contributed by atoms with Crippen molar-refractivity contribution in [2.24, 2.45) is 10.2 Å². The second-order valence-corrected chi connectivity index (χ2v) is 5.25. The third kappa shape index (κ3) is 3.37. The molecule has 2 rings (SSSR count). The van der Waals surface area contributed by atoms with E-state index >= 15 is 0 Å². The Morgan fingerprint density at radius 1 is 1.35 bits per heavy atom. The minimum atomic E-state index is 0.138. The van der Waals surface area contributed by atoms with Gasteiger partial charge in [-0.15, -0.1) is 10.2 Å². The second kappa shape index (κ2) is 6.07. The van der Waals surface area contributed by atoms with Gasteiger partial charge in [-0.3, -0.25) is 0 Å².